The lowest BCUT2D eigenvalue weighted by Crippen LogP contribution is -2.11. The first kappa shape index (κ1) is 13.0. The van der Waals surface area contributed by atoms with Gasteiger partial charge < -0.3 is 15.5 Å². The number of nitrogens with one attached hydrogen (secondary N) is 1. The highest BCUT2D eigenvalue weighted by Crippen LogP contribution is 2.25. The molecule has 98 valence electrons. The Morgan fingerprint density at radius 1 is 1.37 bits per heavy atom. The van der Waals surface area contributed by atoms with Crippen molar-refractivity contribution < 1.29 is 19.8 Å². The Balaban J connectivity index is 2.25. The summed E-state index contributed by atoms with van der Waals surface area (Å²) in [5.41, 5.74) is 0.0320. The van der Waals surface area contributed by atoms with Crippen molar-refractivity contribution in [1.82, 2.24) is 4.98 Å². The lowest BCUT2D eigenvalue weighted by Gasteiger charge is -2.06. The van der Waals surface area contributed by atoms with Crippen LogP contribution >= 0.6 is 11.3 Å². The maximum Gasteiger partial charge on any atom is 0.335 e. The van der Waals surface area contributed by atoms with Crippen LogP contribution in [0.4, 0.5) is 5.69 Å². The Hall–Kier alpha value is -2.41. The summed E-state index contributed by atoms with van der Waals surface area (Å²) in [6, 6.07) is 3.67. The molecule has 2 rings (SSSR count). The SMILES string of the molecule is Cc1ncc(C(=O)Nc2cc(C(=O)O)ccc2O)s1. The summed E-state index contributed by atoms with van der Waals surface area (Å²) in [6.07, 6.45) is 1.42. The van der Waals surface area contributed by atoms with Gasteiger partial charge in [-0.05, 0) is 25.1 Å². The van der Waals surface area contributed by atoms with E-state index in [4.69, 9.17) is 5.11 Å². The van der Waals surface area contributed by atoms with Gasteiger partial charge in [-0.3, -0.25) is 4.79 Å². The fourth-order valence-electron chi connectivity index (χ4n) is 1.42. The molecule has 0 atom stereocenters. The van der Waals surface area contributed by atoms with Crippen molar-refractivity contribution in [1.29, 1.82) is 0 Å². The fraction of sp³-hybridized carbons (Fsp3) is 0.0833. The van der Waals surface area contributed by atoms with E-state index in [-0.39, 0.29) is 17.0 Å². The molecule has 0 saturated carbocycles. The minimum absolute atomic E-state index is 0.0198. The number of aryl methyl sites for hydroxylation is 1. The maximum atomic E-state index is 11.9. The highest BCUT2D eigenvalue weighted by atomic mass is 32.1. The standard InChI is InChI=1S/C12H10N2O4S/c1-6-13-5-10(19-6)11(16)14-8-4-7(12(17)18)2-3-9(8)15/h2-5,15H,1H3,(H,14,16)(H,17,18). The summed E-state index contributed by atoms with van der Waals surface area (Å²) < 4.78 is 0. The Morgan fingerprint density at radius 3 is 2.68 bits per heavy atom. The van der Waals surface area contributed by atoms with E-state index in [0.29, 0.717) is 4.88 Å². The zero-order valence-electron chi connectivity index (χ0n) is 9.88. The number of hydrogen-bond acceptors (Lipinski definition) is 5. The van der Waals surface area contributed by atoms with Crippen LogP contribution in [0.2, 0.25) is 0 Å². The largest absolute Gasteiger partial charge is 0.506 e. The monoisotopic (exact) mass is 278 g/mol. The van der Waals surface area contributed by atoms with E-state index in [2.05, 4.69) is 10.3 Å². The summed E-state index contributed by atoms with van der Waals surface area (Å²) >= 11 is 1.21. The molecular weight excluding hydrogens is 268 g/mol. The number of carboxylic acid groups (broad SMARTS) is 1. The van der Waals surface area contributed by atoms with Gasteiger partial charge in [0.1, 0.15) is 10.6 Å². The molecule has 1 aromatic carbocycles. The minimum atomic E-state index is -1.14. The Labute approximate surface area is 112 Å². The first-order chi connectivity index (χ1) is 8.97. The second kappa shape index (κ2) is 5.07. The van der Waals surface area contributed by atoms with Crippen molar-refractivity contribution in [3.63, 3.8) is 0 Å². The number of carboxylic acids is 1. The van der Waals surface area contributed by atoms with Gasteiger partial charge in [0, 0.05) is 0 Å². The molecule has 7 heteroatoms. The molecule has 1 heterocycles. The number of phenols is 1. The number of carbonyl (C=O) groups is 2. The molecule has 6 nitrogen and oxygen atoms in total. The first-order valence-electron chi connectivity index (χ1n) is 5.27. The molecule has 0 fully saturated rings. The summed E-state index contributed by atoms with van der Waals surface area (Å²) in [5, 5.41) is 21.6. The number of phenolic OH excluding ortho intramolecular Hbond substituents is 1. The first-order valence-corrected chi connectivity index (χ1v) is 6.09. The van der Waals surface area contributed by atoms with Gasteiger partial charge >= 0.3 is 5.97 Å². The van der Waals surface area contributed by atoms with Crippen LogP contribution in [0.25, 0.3) is 0 Å². The molecular formula is C12H10N2O4S. The quantitative estimate of drug-likeness (QED) is 0.747. The van der Waals surface area contributed by atoms with E-state index < -0.39 is 11.9 Å². The molecule has 3 N–H and O–H groups in total. The van der Waals surface area contributed by atoms with Gasteiger partial charge in [0.2, 0.25) is 0 Å². The molecule has 0 aliphatic heterocycles. The van der Waals surface area contributed by atoms with E-state index in [1.54, 1.807) is 6.92 Å². The summed E-state index contributed by atoms with van der Waals surface area (Å²) in [7, 11) is 0. The third-order valence-corrected chi connectivity index (χ3v) is 3.25. The molecule has 2 aromatic rings. The van der Waals surface area contributed by atoms with Crippen molar-refractivity contribution in [3.8, 4) is 5.75 Å². The molecule has 0 aliphatic carbocycles. The zero-order chi connectivity index (χ0) is 14.0. The lowest BCUT2D eigenvalue weighted by molar-refractivity contribution is 0.0696. The van der Waals surface area contributed by atoms with Crippen LogP contribution in [-0.4, -0.2) is 27.1 Å². The number of aromatic carboxylic acids is 1. The Morgan fingerprint density at radius 2 is 2.11 bits per heavy atom. The van der Waals surface area contributed by atoms with Gasteiger partial charge in [-0.1, -0.05) is 0 Å². The maximum absolute atomic E-state index is 11.9. The van der Waals surface area contributed by atoms with Crippen LogP contribution in [0.15, 0.2) is 24.4 Å². The Kier molecular flexibility index (Phi) is 3.48. The summed E-state index contributed by atoms with van der Waals surface area (Å²) in [4.78, 5) is 27.0. The molecule has 0 radical (unpaired) electrons. The third-order valence-electron chi connectivity index (χ3n) is 2.34. The number of aromatic hydroxyl groups is 1. The predicted molar refractivity (Wildman–Crippen MR) is 69.9 cm³/mol. The van der Waals surface area contributed by atoms with Gasteiger partial charge in [0.25, 0.3) is 5.91 Å². The van der Waals surface area contributed by atoms with E-state index in [9.17, 15) is 14.7 Å². The number of benzene rings is 1. The van der Waals surface area contributed by atoms with Crippen LogP contribution < -0.4 is 5.32 Å². The van der Waals surface area contributed by atoms with E-state index in [0.717, 1.165) is 5.01 Å². The van der Waals surface area contributed by atoms with Crippen molar-refractivity contribution >= 4 is 28.9 Å². The van der Waals surface area contributed by atoms with Crippen molar-refractivity contribution in [2.75, 3.05) is 5.32 Å². The van der Waals surface area contributed by atoms with Crippen LogP contribution in [0.3, 0.4) is 0 Å². The van der Waals surface area contributed by atoms with Crippen LogP contribution in [0.1, 0.15) is 25.0 Å². The number of carbonyl (C=O) groups excluding carboxylic acids is 1. The average Bonchev–Trinajstić information content (AvgIpc) is 2.78. The zero-order valence-corrected chi connectivity index (χ0v) is 10.7. The Bertz CT molecular complexity index is 651. The van der Waals surface area contributed by atoms with Gasteiger partial charge in [0.15, 0.2) is 0 Å². The molecule has 1 amide bonds. The number of aromatic nitrogens is 1. The van der Waals surface area contributed by atoms with Crippen LogP contribution in [0, 0.1) is 6.92 Å². The topological polar surface area (TPSA) is 99.5 Å². The van der Waals surface area contributed by atoms with E-state index in [1.165, 1.54) is 35.7 Å². The van der Waals surface area contributed by atoms with Gasteiger partial charge in [-0.2, -0.15) is 0 Å². The highest BCUT2D eigenvalue weighted by molar-refractivity contribution is 7.13. The molecule has 0 unspecified atom stereocenters. The second-order valence-electron chi connectivity index (χ2n) is 3.73. The average molecular weight is 278 g/mol. The normalized spacial score (nSPS) is 10.2. The predicted octanol–water partition coefficient (Wildman–Crippen LogP) is 2.11. The van der Waals surface area contributed by atoms with Gasteiger partial charge in [-0.25, -0.2) is 9.78 Å². The van der Waals surface area contributed by atoms with Gasteiger partial charge in [-0.15, -0.1) is 11.3 Å². The van der Waals surface area contributed by atoms with Crippen LogP contribution in [0.5, 0.6) is 5.75 Å². The minimum Gasteiger partial charge on any atom is -0.506 e. The van der Waals surface area contributed by atoms with Gasteiger partial charge in [0.05, 0.1) is 22.5 Å². The molecule has 19 heavy (non-hydrogen) atoms. The van der Waals surface area contributed by atoms with Crippen molar-refractivity contribution in [2.45, 2.75) is 6.92 Å². The van der Waals surface area contributed by atoms with E-state index >= 15 is 0 Å². The molecule has 0 bridgehead atoms. The number of hydrogen-bond donors (Lipinski definition) is 3. The number of rotatable bonds is 3. The number of anilines is 1. The molecule has 0 aliphatic rings. The van der Waals surface area contributed by atoms with Crippen molar-refractivity contribution in [3.05, 3.63) is 39.8 Å². The number of nitrogens with zero attached hydrogens (tertiary/aromatic N) is 1. The summed E-state index contributed by atoms with van der Waals surface area (Å²) in [6.45, 7) is 1.77. The van der Waals surface area contributed by atoms with Crippen LogP contribution in [-0.2, 0) is 0 Å². The van der Waals surface area contributed by atoms with Crippen molar-refractivity contribution in [2.24, 2.45) is 0 Å². The third kappa shape index (κ3) is 2.89. The lowest BCUT2D eigenvalue weighted by atomic mass is 10.2. The number of amides is 1. The number of thiazole rings is 1. The molecule has 0 saturated heterocycles. The fourth-order valence-corrected chi connectivity index (χ4v) is 2.09. The highest BCUT2D eigenvalue weighted by Gasteiger charge is 2.13. The smallest absolute Gasteiger partial charge is 0.335 e. The molecule has 0 spiro atoms. The summed E-state index contributed by atoms with van der Waals surface area (Å²) in [5.74, 6) is -1.77. The van der Waals surface area contributed by atoms with E-state index in [1.807, 2.05) is 0 Å². The molecule has 1 aromatic heterocycles. The second-order valence-corrected chi connectivity index (χ2v) is 4.97.